The highest BCUT2D eigenvalue weighted by atomic mass is 16.5. The number of nitrogens with one attached hydrogen (secondary N) is 1. The van der Waals surface area contributed by atoms with Crippen LogP contribution in [0.15, 0.2) is 16.5 Å². The normalized spacial score (nSPS) is 18.8. The summed E-state index contributed by atoms with van der Waals surface area (Å²) in [6.45, 7) is 8.77. The summed E-state index contributed by atoms with van der Waals surface area (Å²) in [4.78, 5) is 15.5. The summed E-state index contributed by atoms with van der Waals surface area (Å²) in [7, 11) is 1.61. The summed E-state index contributed by atoms with van der Waals surface area (Å²) < 4.78 is 13.0. The maximum absolute atomic E-state index is 12.9. The third-order valence-corrected chi connectivity index (χ3v) is 6.88. The van der Waals surface area contributed by atoms with Gasteiger partial charge in [-0.1, -0.05) is 33.1 Å². The first-order valence-electron chi connectivity index (χ1n) is 12.6. The van der Waals surface area contributed by atoms with Crippen LogP contribution in [-0.2, 0) is 24.3 Å². The van der Waals surface area contributed by atoms with Gasteiger partial charge in [-0.3, -0.25) is 4.79 Å². The average molecular weight is 458 g/mol. The molecule has 1 aliphatic carbocycles. The van der Waals surface area contributed by atoms with Crippen LogP contribution in [0.1, 0.15) is 86.4 Å². The molecule has 3 heterocycles. The van der Waals surface area contributed by atoms with Crippen LogP contribution < -0.4 is 5.32 Å². The molecule has 2 aliphatic rings. The lowest BCUT2D eigenvalue weighted by atomic mass is 9.89. The fraction of sp³-hybridized carbons (Fsp3) is 0.720. The molecule has 1 fully saturated rings. The lowest BCUT2D eigenvalue weighted by Crippen LogP contribution is -2.34. The number of aromatic nitrogens is 3. The molecule has 0 saturated heterocycles. The molecule has 1 amide bonds. The minimum atomic E-state index is -0.229. The number of carbonyl (C=O) groups is 1. The van der Waals surface area contributed by atoms with Crippen LogP contribution in [0, 0.1) is 11.8 Å². The fourth-order valence-electron chi connectivity index (χ4n) is 5.21. The highest BCUT2D eigenvalue weighted by molar-refractivity contribution is 5.91. The predicted molar refractivity (Wildman–Crippen MR) is 126 cm³/mol. The number of nitrogens with zero attached hydrogens (tertiary/aromatic N) is 4. The summed E-state index contributed by atoms with van der Waals surface area (Å²) in [5, 5.41) is 12.2. The maximum atomic E-state index is 12.9. The molecule has 1 saturated carbocycles. The first-order chi connectivity index (χ1) is 16.0. The molecule has 1 aliphatic heterocycles. The van der Waals surface area contributed by atoms with Crippen molar-refractivity contribution in [3.8, 4) is 0 Å². The van der Waals surface area contributed by atoms with Gasteiger partial charge in [0.2, 0.25) is 0 Å². The molecule has 33 heavy (non-hydrogen) atoms. The fourth-order valence-corrected chi connectivity index (χ4v) is 5.21. The van der Waals surface area contributed by atoms with Crippen molar-refractivity contribution in [1.29, 1.82) is 0 Å². The van der Waals surface area contributed by atoms with Gasteiger partial charge in [0.05, 0.1) is 6.04 Å². The third kappa shape index (κ3) is 6.23. The molecular formula is C25H39N5O3. The summed E-state index contributed by atoms with van der Waals surface area (Å²) >= 11 is 0. The van der Waals surface area contributed by atoms with E-state index in [-0.39, 0.29) is 11.9 Å². The van der Waals surface area contributed by atoms with E-state index in [9.17, 15) is 4.79 Å². The Kier molecular flexibility index (Phi) is 8.20. The minimum absolute atomic E-state index is 0.209. The van der Waals surface area contributed by atoms with Gasteiger partial charge in [0.25, 0.3) is 5.91 Å². The smallest absolute Gasteiger partial charge is 0.287 e. The maximum Gasteiger partial charge on any atom is 0.287 e. The lowest BCUT2D eigenvalue weighted by Gasteiger charge is -2.28. The van der Waals surface area contributed by atoms with E-state index < -0.39 is 0 Å². The van der Waals surface area contributed by atoms with E-state index >= 15 is 0 Å². The molecule has 0 aromatic carbocycles. The number of hydrogen-bond donors (Lipinski definition) is 1. The Balaban J connectivity index is 1.44. The van der Waals surface area contributed by atoms with Gasteiger partial charge in [0.15, 0.2) is 11.6 Å². The Labute approximate surface area is 197 Å². The average Bonchev–Trinajstić information content (AvgIpc) is 3.38. The Morgan fingerprint density at radius 3 is 2.76 bits per heavy atom. The van der Waals surface area contributed by atoms with Crippen molar-refractivity contribution < 1.29 is 13.9 Å². The van der Waals surface area contributed by atoms with Gasteiger partial charge in [-0.25, -0.2) is 0 Å². The number of rotatable bonds is 9. The number of furan rings is 1. The zero-order valence-corrected chi connectivity index (χ0v) is 20.4. The molecule has 182 valence electrons. The van der Waals surface area contributed by atoms with Crippen LogP contribution in [0.5, 0.6) is 0 Å². The van der Waals surface area contributed by atoms with Crippen molar-refractivity contribution in [2.45, 2.75) is 78.0 Å². The van der Waals surface area contributed by atoms with E-state index in [0.717, 1.165) is 50.0 Å². The first kappa shape index (κ1) is 24.0. The Bertz CT molecular complexity index is 900. The van der Waals surface area contributed by atoms with Crippen molar-refractivity contribution >= 4 is 5.91 Å². The standard InChI is InChI=1S/C25H39N5O3/c1-18(2)15-21(26-25(31)22-10-9-20(33-22)17-32-3)24-28-27-23-11-12-29(13-14-30(23)24)16-19-7-5-4-6-8-19/h9-10,18-19,21H,4-8,11-17H2,1-3H3,(H,26,31). The van der Waals surface area contributed by atoms with Crippen molar-refractivity contribution in [1.82, 2.24) is 25.0 Å². The van der Waals surface area contributed by atoms with Crippen LogP contribution in [0.3, 0.4) is 0 Å². The van der Waals surface area contributed by atoms with Crippen LogP contribution in [-0.4, -0.2) is 52.3 Å². The van der Waals surface area contributed by atoms with E-state index in [1.54, 1.807) is 19.2 Å². The molecule has 1 N–H and O–H groups in total. The molecule has 8 heteroatoms. The molecule has 4 rings (SSSR count). The molecule has 2 aromatic rings. The number of carbonyl (C=O) groups excluding carboxylic acids is 1. The van der Waals surface area contributed by atoms with Gasteiger partial charge in [0, 0.05) is 39.7 Å². The predicted octanol–water partition coefficient (Wildman–Crippen LogP) is 3.97. The van der Waals surface area contributed by atoms with E-state index in [1.807, 2.05) is 0 Å². The number of ether oxygens (including phenoxy) is 1. The highest BCUT2D eigenvalue weighted by Crippen LogP contribution is 2.26. The molecule has 2 aromatic heterocycles. The second-order valence-electron chi connectivity index (χ2n) is 10.0. The second kappa shape index (κ2) is 11.3. The summed E-state index contributed by atoms with van der Waals surface area (Å²) in [5.41, 5.74) is 0. The van der Waals surface area contributed by atoms with Gasteiger partial charge in [0.1, 0.15) is 18.2 Å². The molecule has 1 atom stereocenters. The number of methoxy groups -OCH3 is 1. The van der Waals surface area contributed by atoms with Gasteiger partial charge in [-0.15, -0.1) is 10.2 Å². The van der Waals surface area contributed by atoms with Crippen LogP contribution in [0.4, 0.5) is 0 Å². The largest absolute Gasteiger partial charge is 0.453 e. The zero-order valence-electron chi connectivity index (χ0n) is 20.4. The van der Waals surface area contributed by atoms with Gasteiger partial charge in [-0.2, -0.15) is 0 Å². The molecular weight excluding hydrogens is 418 g/mol. The van der Waals surface area contributed by atoms with Crippen molar-refractivity contribution in [3.63, 3.8) is 0 Å². The topological polar surface area (TPSA) is 85.4 Å². The zero-order chi connectivity index (χ0) is 23.2. The third-order valence-electron chi connectivity index (χ3n) is 6.88. The van der Waals surface area contributed by atoms with Crippen LogP contribution >= 0.6 is 0 Å². The monoisotopic (exact) mass is 457 g/mol. The Morgan fingerprint density at radius 1 is 1.18 bits per heavy atom. The molecule has 1 unspecified atom stereocenters. The summed E-state index contributed by atoms with van der Waals surface area (Å²) in [6.07, 6.45) is 8.60. The van der Waals surface area contributed by atoms with Gasteiger partial charge >= 0.3 is 0 Å². The second-order valence-corrected chi connectivity index (χ2v) is 10.0. The van der Waals surface area contributed by atoms with Crippen molar-refractivity contribution in [2.75, 3.05) is 26.7 Å². The Morgan fingerprint density at radius 2 is 2.00 bits per heavy atom. The van der Waals surface area contributed by atoms with Crippen molar-refractivity contribution in [3.05, 3.63) is 35.3 Å². The number of fused-ring (bicyclic) bond motifs is 1. The van der Waals surface area contributed by atoms with Gasteiger partial charge < -0.3 is 23.9 Å². The minimum Gasteiger partial charge on any atom is -0.453 e. The SMILES string of the molecule is COCc1ccc(C(=O)NC(CC(C)C)c2nnc3n2CCN(CC2CCCCC2)CC3)o1. The summed E-state index contributed by atoms with van der Waals surface area (Å²) in [5.74, 6) is 3.83. The van der Waals surface area contributed by atoms with Crippen molar-refractivity contribution in [2.24, 2.45) is 11.8 Å². The lowest BCUT2D eigenvalue weighted by molar-refractivity contribution is 0.0892. The highest BCUT2D eigenvalue weighted by Gasteiger charge is 2.28. The van der Waals surface area contributed by atoms with Crippen LogP contribution in [0.25, 0.3) is 0 Å². The van der Waals surface area contributed by atoms with E-state index in [4.69, 9.17) is 9.15 Å². The van der Waals surface area contributed by atoms with Crippen LogP contribution in [0.2, 0.25) is 0 Å². The summed E-state index contributed by atoms with van der Waals surface area (Å²) in [6, 6.07) is 3.27. The molecule has 8 nitrogen and oxygen atoms in total. The van der Waals surface area contributed by atoms with Gasteiger partial charge in [-0.05, 0) is 43.2 Å². The van der Waals surface area contributed by atoms with E-state index in [0.29, 0.717) is 24.0 Å². The van der Waals surface area contributed by atoms with E-state index in [2.05, 4.69) is 38.8 Å². The Hall–Kier alpha value is -2.19. The number of amides is 1. The molecule has 0 bridgehead atoms. The molecule has 0 radical (unpaired) electrons. The number of hydrogen-bond acceptors (Lipinski definition) is 6. The molecule has 0 spiro atoms. The first-order valence-corrected chi connectivity index (χ1v) is 12.6. The van der Waals surface area contributed by atoms with E-state index in [1.165, 1.54) is 38.6 Å². The quantitative estimate of drug-likeness (QED) is 0.613.